The van der Waals surface area contributed by atoms with E-state index < -0.39 is 11.9 Å². The Morgan fingerprint density at radius 2 is 1.95 bits per heavy atom. The molecule has 2 heterocycles. The Hall–Kier alpha value is -1.85. The molecule has 0 spiro atoms. The Balaban J connectivity index is 2.08. The Bertz CT molecular complexity index is 654. The molecule has 1 fully saturated rings. The van der Waals surface area contributed by atoms with Gasteiger partial charge in [-0.05, 0) is 37.0 Å². The minimum Gasteiger partial charge on any atom is -0.260 e. The fourth-order valence-electron chi connectivity index (χ4n) is 2.24. The Kier molecular flexibility index (Phi) is 3.26. The summed E-state index contributed by atoms with van der Waals surface area (Å²) in [5.74, 6) is 0.226. The normalized spacial score (nSPS) is 15.7. The molecule has 0 aliphatic heterocycles. The second kappa shape index (κ2) is 4.86. The molecule has 2 aromatic rings. The number of nitrogens with zero attached hydrogens (tertiary/aromatic N) is 3. The first kappa shape index (κ1) is 14.1. The fraction of sp³-hybridized carbons (Fsp3) is 0.467. The van der Waals surface area contributed by atoms with Crippen LogP contribution < -0.4 is 0 Å². The maximum absolute atomic E-state index is 12.9. The van der Waals surface area contributed by atoms with Gasteiger partial charge in [-0.1, -0.05) is 19.9 Å². The van der Waals surface area contributed by atoms with E-state index in [4.69, 9.17) is 0 Å². The van der Waals surface area contributed by atoms with Gasteiger partial charge in [-0.25, -0.2) is 0 Å². The lowest BCUT2D eigenvalue weighted by Crippen LogP contribution is -2.07. The summed E-state index contributed by atoms with van der Waals surface area (Å²) >= 11 is 0. The molecule has 0 unspecified atom stereocenters. The van der Waals surface area contributed by atoms with Gasteiger partial charge in [0.15, 0.2) is 5.69 Å². The van der Waals surface area contributed by atoms with Gasteiger partial charge in [0.05, 0.1) is 17.4 Å². The van der Waals surface area contributed by atoms with E-state index >= 15 is 0 Å². The summed E-state index contributed by atoms with van der Waals surface area (Å²) in [6, 6.07) is 6.62. The van der Waals surface area contributed by atoms with E-state index in [9.17, 15) is 13.2 Å². The van der Waals surface area contributed by atoms with Gasteiger partial charge in [-0.2, -0.15) is 18.3 Å². The van der Waals surface area contributed by atoms with Gasteiger partial charge in [-0.3, -0.25) is 9.67 Å². The smallest absolute Gasteiger partial charge is 0.260 e. The lowest BCUT2D eigenvalue weighted by molar-refractivity contribution is -0.141. The van der Waals surface area contributed by atoms with E-state index in [2.05, 4.69) is 10.1 Å². The largest absolute Gasteiger partial charge is 0.435 e. The lowest BCUT2D eigenvalue weighted by atomic mass is 10.1. The first-order chi connectivity index (χ1) is 9.86. The average molecular weight is 295 g/mol. The van der Waals surface area contributed by atoms with Crippen LogP contribution in [-0.4, -0.2) is 14.8 Å². The van der Waals surface area contributed by atoms with E-state index in [1.54, 1.807) is 6.07 Å². The Labute approximate surface area is 120 Å². The molecule has 1 aliphatic carbocycles. The van der Waals surface area contributed by atoms with Crippen molar-refractivity contribution >= 4 is 0 Å². The van der Waals surface area contributed by atoms with Crippen molar-refractivity contribution in [3.05, 3.63) is 35.7 Å². The van der Waals surface area contributed by atoms with Crippen LogP contribution in [0.4, 0.5) is 13.2 Å². The highest BCUT2D eigenvalue weighted by Crippen LogP contribution is 2.40. The van der Waals surface area contributed by atoms with Crippen molar-refractivity contribution in [1.29, 1.82) is 0 Å². The highest BCUT2D eigenvalue weighted by Gasteiger charge is 2.37. The van der Waals surface area contributed by atoms with Crippen LogP contribution in [0.1, 0.15) is 50.0 Å². The number of hydrogen-bond donors (Lipinski definition) is 0. The third-order valence-corrected chi connectivity index (χ3v) is 3.54. The second-order valence-corrected chi connectivity index (χ2v) is 5.69. The number of alkyl halides is 3. The summed E-state index contributed by atoms with van der Waals surface area (Å²) in [6.45, 7) is 4.01. The quantitative estimate of drug-likeness (QED) is 0.839. The summed E-state index contributed by atoms with van der Waals surface area (Å²) < 4.78 is 40.2. The standard InChI is InChI=1S/C15H16F3N3/c1-9(2)11-4-3-5-12(19-11)13-8-14(15(16,17)18)20-21(13)10-6-7-10/h3-5,8-10H,6-7H2,1-2H3. The zero-order valence-electron chi connectivity index (χ0n) is 11.9. The predicted octanol–water partition coefficient (Wildman–Crippen LogP) is 4.42. The molecule has 6 heteroatoms. The fourth-order valence-corrected chi connectivity index (χ4v) is 2.24. The number of aromatic nitrogens is 3. The van der Waals surface area contributed by atoms with Crippen LogP contribution in [0.15, 0.2) is 24.3 Å². The van der Waals surface area contributed by atoms with Crippen LogP contribution in [0, 0.1) is 0 Å². The van der Waals surface area contributed by atoms with Gasteiger partial charge in [0.1, 0.15) is 0 Å². The molecule has 0 amide bonds. The third kappa shape index (κ3) is 2.80. The number of hydrogen-bond acceptors (Lipinski definition) is 2. The third-order valence-electron chi connectivity index (χ3n) is 3.54. The van der Waals surface area contributed by atoms with Crippen molar-refractivity contribution in [1.82, 2.24) is 14.8 Å². The van der Waals surface area contributed by atoms with E-state index in [1.807, 2.05) is 26.0 Å². The molecule has 112 valence electrons. The molecule has 3 rings (SSSR count). The van der Waals surface area contributed by atoms with Gasteiger partial charge >= 0.3 is 6.18 Å². The molecule has 0 saturated heterocycles. The van der Waals surface area contributed by atoms with Crippen molar-refractivity contribution in [2.24, 2.45) is 0 Å². The second-order valence-electron chi connectivity index (χ2n) is 5.69. The minimum absolute atomic E-state index is 0.0700. The molecule has 0 N–H and O–H groups in total. The zero-order valence-corrected chi connectivity index (χ0v) is 11.9. The Morgan fingerprint density at radius 3 is 2.52 bits per heavy atom. The van der Waals surface area contributed by atoms with Crippen molar-refractivity contribution < 1.29 is 13.2 Å². The van der Waals surface area contributed by atoms with Gasteiger partial charge < -0.3 is 0 Å². The predicted molar refractivity (Wildman–Crippen MR) is 72.8 cm³/mol. The molecule has 1 aliphatic rings. The van der Waals surface area contributed by atoms with Crippen LogP contribution in [0.25, 0.3) is 11.4 Å². The zero-order chi connectivity index (χ0) is 15.2. The Morgan fingerprint density at radius 1 is 1.24 bits per heavy atom. The van der Waals surface area contributed by atoms with Crippen LogP contribution in [-0.2, 0) is 6.18 Å². The van der Waals surface area contributed by atoms with E-state index in [0.29, 0.717) is 11.4 Å². The van der Waals surface area contributed by atoms with Crippen molar-refractivity contribution in [2.45, 2.75) is 44.8 Å². The summed E-state index contributed by atoms with van der Waals surface area (Å²) in [5, 5.41) is 3.75. The molecule has 1 saturated carbocycles. The lowest BCUT2D eigenvalue weighted by Gasteiger charge is -2.08. The number of pyridine rings is 1. The first-order valence-electron chi connectivity index (χ1n) is 7.00. The molecule has 21 heavy (non-hydrogen) atoms. The molecule has 0 aromatic carbocycles. The maximum atomic E-state index is 12.9. The molecule has 0 bridgehead atoms. The van der Waals surface area contributed by atoms with Crippen LogP contribution in [0.2, 0.25) is 0 Å². The van der Waals surface area contributed by atoms with Crippen LogP contribution in [0.3, 0.4) is 0 Å². The summed E-state index contributed by atoms with van der Waals surface area (Å²) in [4.78, 5) is 4.48. The number of rotatable bonds is 3. The summed E-state index contributed by atoms with van der Waals surface area (Å²) in [5.41, 5.74) is 1.02. The van der Waals surface area contributed by atoms with Gasteiger partial charge in [-0.15, -0.1) is 0 Å². The van der Waals surface area contributed by atoms with Crippen molar-refractivity contribution in [2.75, 3.05) is 0 Å². The van der Waals surface area contributed by atoms with Gasteiger partial charge in [0.2, 0.25) is 0 Å². The molecule has 0 atom stereocenters. The van der Waals surface area contributed by atoms with Gasteiger partial charge in [0, 0.05) is 5.69 Å². The molecule has 0 radical (unpaired) electrons. The summed E-state index contributed by atoms with van der Waals surface area (Å²) in [6.07, 6.45) is -2.68. The van der Waals surface area contributed by atoms with Gasteiger partial charge in [0.25, 0.3) is 0 Å². The summed E-state index contributed by atoms with van der Waals surface area (Å²) in [7, 11) is 0. The molecular weight excluding hydrogens is 279 g/mol. The molecular formula is C15H16F3N3. The average Bonchev–Trinajstić information content (AvgIpc) is 3.16. The molecule has 3 nitrogen and oxygen atoms in total. The maximum Gasteiger partial charge on any atom is 0.435 e. The van der Waals surface area contributed by atoms with Crippen LogP contribution >= 0.6 is 0 Å². The van der Waals surface area contributed by atoms with E-state index in [0.717, 1.165) is 24.6 Å². The van der Waals surface area contributed by atoms with Crippen LogP contribution in [0.5, 0.6) is 0 Å². The highest BCUT2D eigenvalue weighted by atomic mass is 19.4. The topological polar surface area (TPSA) is 30.7 Å². The van der Waals surface area contributed by atoms with Crippen molar-refractivity contribution in [3.63, 3.8) is 0 Å². The van der Waals surface area contributed by atoms with Crippen molar-refractivity contribution in [3.8, 4) is 11.4 Å². The molecule has 2 aromatic heterocycles. The number of halogens is 3. The SMILES string of the molecule is CC(C)c1cccc(-c2cc(C(F)(F)F)nn2C2CC2)n1. The first-order valence-corrected chi connectivity index (χ1v) is 7.00. The van der Waals surface area contributed by atoms with E-state index in [1.165, 1.54) is 4.68 Å². The van der Waals surface area contributed by atoms with E-state index in [-0.39, 0.29) is 12.0 Å². The highest BCUT2D eigenvalue weighted by molar-refractivity contribution is 5.56. The monoisotopic (exact) mass is 295 g/mol. The minimum atomic E-state index is -4.43.